The van der Waals surface area contributed by atoms with Crippen LogP contribution in [0.4, 0.5) is 27.8 Å². The van der Waals surface area contributed by atoms with Gasteiger partial charge in [0, 0.05) is 18.0 Å². The molecule has 0 saturated carbocycles. The Labute approximate surface area is 179 Å². The molecule has 0 bridgehead atoms. The van der Waals surface area contributed by atoms with E-state index in [2.05, 4.69) is 20.3 Å². The van der Waals surface area contributed by atoms with Crippen LogP contribution in [0.2, 0.25) is 0 Å². The molecule has 32 heavy (non-hydrogen) atoms. The highest BCUT2D eigenvalue weighted by Crippen LogP contribution is 2.40. The molecule has 2 aliphatic rings. The summed E-state index contributed by atoms with van der Waals surface area (Å²) in [5, 5.41) is 3.47. The van der Waals surface area contributed by atoms with Crippen molar-refractivity contribution < 1.29 is 26.7 Å². The highest BCUT2D eigenvalue weighted by molar-refractivity contribution is 5.88. The van der Waals surface area contributed by atoms with Crippen molar-refractivity contribution in [1.82, 2.24) is 19.9 Å². The van der Waals surface area contributed by atoms with E-state index in [0.717, 1.165) is 11.6 Å². The molecule has 2 aliphatic heterocycles. The number of likely N-dealkylation sites (tertiary alicyclic amines) is 1. The molecule has 1 saturated heterocycles. The first-order chi connectivity index (χ1) is 15.3. The minimum absolute atomic E-state index is 0.0608. The lowest BCUT2D eigenvalue weighted by Gasteiger charge is -2.39. The molecule has 2 aromatic heterocycles. The van der Waals surface area contributed by atoms with E-state index in [-0.39, 0.29) is 36.0 Å². The van der Waals surface area contributed by atoms with Gasteiger partial charge in [0.05, 0.1) is 17.5 Å². The van der Waals surface area contributed by atoms with Gasteiger partial charge in [0.2, 0.25) is 6.43 Å². The van der Waals surface area contributed by atoms with Crippen LogP contribution in [-0.4, -0.2) is 52.0 Å². The largest absolute Gasteiger partial charge is 0.491 e. The molecule has 11 heteroatoms. The number of benzene rings is 1. The first-order valence-electron chi connectivity index (χ1n) is 10.2. The van der Waals surface area contributed by atoms with Crippen LogP contribution in [0.25, 0.3) is 11.0 Å². The number of H-pyrrole nitrogens is 1. The first kappa shape index (κ1) is 20.9. The Balaban J connectivity index is 1.51. The number of nitrogens with zero attached hydrogens (tertiary/aromatic N) is 3. The third kappa shape index (κ3) is 3.74. The van der Waals surface area contributed by atoms with Crippen LogP contribution in [0.15, 0.2) is 36.7 Å². The average molecular weight is 453 g/mol. The van der Waals surface area contributed by atoms with E-state index < -0.39 is 30.3 Å². The van der Waals surface area contributed by atoms with Crippen LogP contribution < -0.4 is 10.1 Å². The van der Waals surface area contributed by atoms with Gasteiger partial charge in [-0.2, -0.15) is 13.2 Å². The van der Waals surface area contributed by atoms with Gasteiger partial charge in [-0.15, -0.1) is 0 Å². The molecule has 3 aromatic rings. The van der Waals surface area contributed by atoms with Gasteiger partial charge in [0.15, 0.2) is 0 Å². The van der Waals surface area contributed by atoms with Gasteiger partial charge in [0.1, 0.15) is 35.8 Å². The quantitative estimate of drug-likeness (QED) is 0.571. The molecule has 1 unspecified atom stereocenters. The number of halogens is 5. The fourth-order valence-electron chi connectivity index (χ4n) is 4.51. The number of rotatable bonds is 4. The molecule has 0 amide bonds. The molecular formula is C21H20F5N5O. The van der Waals surface area contributed by atoms with Crippen LogP contribution in [0, 0.1) is 5.92 Å². The van der Waals surface area contributed by atoms with Crippen molar-refractivity contribution in [2.75, 3.05) is 25.0 Å². The molecule has 1 fully saturated rings. The number of aromatic nitrogens is 3. The van der Waals surface area contributed by atoms with E-state index in [9.17, 15) is 22.0 Å². The van der Waals surface area contributed by atoms with Gasteiger partial charge in [-0.25, -0.2) is 18.7 Å². The molecule has 2 N–H and O–H groups in total. The molecule has 0 spiro atoms. The molecule has 5 rings (SSSR count). The van der Waals surface area contributed by atoms with Crippen molar-refractivity contribution in [2.45, 2.75) is 31.1 Å². The molecule has 1 aromatic carbocycles. The lowest BCUT2D eigenvalue weighted by Crippen LogP contribution is -2.47. The van der Waals surface area contributed by atoms with Gasteiger partial charge >= 0.3 is 6.18 Å². The summed E-state index contributed by atoms with van der Waals surface area (Å²) in [5.41, 5.74) is -0.0625. The van der Waals surface area contributed by atoms with E-state index in [1.807, 2.05) is 23.1 Å². The number of aromatic amines is 1. The molecule has 170 valence electrons. The van der Waals surface area contributed by atoms with Crippen molar-refractivity contribution in [3.05, 3.63) is 47.9 Å². The smallest absolute Gasteiger partial charge is 0.431 e. The number of nitrogens with one attached hydrogen (secondary N) is 2. The third-order valence-corrected chi connectivity index (χ3v) is 6.15. The molecule has 0 radical (unpaired) electrons. The summed E-state index contributed by atoms with van der Waals surface area (Å²) in [6, 6.07) is 7.58. The SMILES string of the molecule is FC(F)C1CCN([C@H]2COc3ccccc3[C@@H]2Nc2ncnc3[nH]c(C(F)(F)F)cc23)C1. The summed E-state index contributed by atoms with van der Waals surface area (Å²) in [4.78, 5) is 12.3. The minimum atomic E-state index is -4.55. The Morgan fingerprint density at radius 1 is 1.19 bits per heavy atom. The number of fused-ring (bicyclic) bond motifs is 2. The molecule has 4 heterocycles. The lowest BCUT2D eigenvalue weighted by molar-refractivity contribution is -0.140. The maximum absolute atomic E-state index is 13.3. The Hall–Kier alpha value is -2.95. The number of para-hydroxylation sites is 1. The van der Waals surface area contributed by atoms with Crippen molar-refractivity contribution in [1.29, 1.82) is 0 Å². The van der Waals surface area contributed by atoms with Gasteiger partial charge in [-0.3, -0.25) is 4.90 Å². The molecular weight excluding hydrogens is 433 g/mol. The summed E-state index contributed by atoms with van der Waals surface area (Å²) in [7, 11) is 0. The van der Waals surface area contributed by atoms with Crippen molar-refractivity contribution >= 4 is 16.9 Å². The maximum Gasteiger partial charge on any atom is 0.431 e. The number of ether oxygens (including phenoxy) is 1. The van der Waals surface area contributed by atoms with Gasteiger partial charge in [-0.1, -0.05) is 18.2 Å². The molecule has 3 atom stereocenters. The van der Waals surface area contributed by atoms with E-state index in [1.165, 1.54) is 6.33 Å². The summed E-state index contributed by atoms with van der Waals surface area (Å²) in [6.07, 6.45) is -5.38. The summed E-state index contributed by atoms with van der Waals surface area (Å²) in [6.45, 7) is 0.984. The zero-order valence-electron chi connectivity index (χ0n) is 16.7. The summed E-state index contributed by atoms with van der Waals surface area (Å²) in [5.74, 6) is 0.164. The predicted molar refractivity (Wildman–Crippen MR) is 107 cm³/mol. The second-order valence-corrected chi connectivity index (χ2v) is 8.08. The molecule has 0 aliphatic carbocycles. The summed E-state index contributed by atoms with van der Waals surface area (Å²) >= 11 is 0. The lowest BCUT2D eigenvalue weighted by atomic mass is 9.95. The van der Waals surface area contributed by atoms with Crippen molar-refractivity contribution in [3.63, 3.8) is 0 Å². The van der Waals surface area contributed by atoms with Crippen LogP contribution in [0.5, 0.6) is 5.75 Å². The number of anilines is 1. The normalized spacial score (nSPS) is 24.0. The Bertz CT molecular complexity index is 1120. The van der Waals surface area contributed by atoms with Crippen LogP contribution >= 0.6 is 0 Å². The number of hydrogen-bond acceptors (Lipinski definition) is 5. The monoisotopic (exact) mass is 453 g/mol. The predicted octanol–water partition coefficient (Wildman–Crippen LogP) is 4.48. The van der Waals surface area contributed by atoms with Crippen LogP contribution in [-0.2, 0) is 6.18 Å². The van der Waals surface area contributed by atoms with E-state index >= 15 is 0 Å². The fraction of sp³-hybridized carbons (Fsp3) is 0.429. The van der Waals surface area contributed by atoms with Gasteiger partial charge in [0.25, 0.3) is 0 Å². The van der Waals surface area contributed by atoms with E-state index in [4.69, 9.17) is 4.74 Å². The van der Waals surface area contributed by atoms with Crippen LogP contribution in [0.3, 0.4) is 0 Å². The Kier molecular flexibility index (Phi) is 5.15. The van der Waals surface area contributed by atoms with E-state index in [0.29, 0.717) is 18.7 Å². The topological polar surface area (TPSA) is 66.1 Å². The van der Waals surface area contributed by atoms with E-state index in [1.54, 1.807) is 6.07 Å². The molecule has 6 nitrogen and oxygen atoms in total. The second-order valence-electron chi connectivity index (χ2n) is 8.08. The zero-order valence-corrected chi connectivity index (χ0v) is 16.7. The summed E-state index contributed by atoms with van der Waals surface area (Å²) < 4.78 is 72.0. The average Bonchev–Trinajstić information content (AvgIpc) is 3.42. The Morgan fingerprint density at radius 3 is 2.75 bits per heavy atom. The first-order valence-corrected chi connectivity index (χ1v) is 10.2. The van der Waals surface area contributed by atoms with Crippen molar-refractivity contribution in [2.24, 2.45) is 5.92 Å². The van der Waals surface area contributed by atoms with Crippen LogP contribution in [0.1, 0.15) is 23.7 Å². The zero-order chi connectivity index (χ0) is 22.5. The van der Waals surface area contributed by atoms with Gasteiger partial charge < -0.3 is 15.0 Å². The number of hydrogen-bond donors (Lipinski definition) is 2. The second kappa shape index (κ2) is 7.88. The minimum Gasteiger partial charge on any atom is -0.491 e. The highest BCUT2D eigenvalue weighted by Gasteiger charge is 2.41. The highest BCUT2D eigenvalue weighted by atomic mass is 19.4. The maximum atomic E-state index is 13.3. The standard InChI is InChI=1S/C21H20F5N5O/c22-18(23)11-5-6-31(8-11)14-9-32-15-4-2-1-3-12(15)17(14)30-20-13-7-16(21(24,25)26)29-19(13)27-10-28-20/h1-4,7,10-11,14,17-18H,5-6,8-9H2,(H2,27,28,29,30)/t11?,14-,17-/m0/s1. The fourth-order valence-corrected chi connectivity index (χ4v) is 4.51. The number of alkyl halides is 5. The third-order valence-electron chi connectivity index (χ3n) is 6.15. The van der Waals surface area contributed by atoms with Gasteiger partial charge in [-0.05, 0) is 25.1 Å². The van der Waals surface area contributed by atoms with Crippen molar-refractivity contribution in [3.8, 4) is 5.75 Å². The Morgan fingerprint density at radius 2 is 2.00 bits per heavy atom.